The minimum atomic E-state index is 0.694. The van der Waals surface area contributed by atoms with Gasteiger partial charge in [0.15, 0.2) is 0 Å². The third kappa shape index (κ3) is 5.15. The maximum atomic E-state index is 8.32. The van der Waals surface area contributed by atoms with Crippen molar-refractivity contribution in [3.05, 3.63) is 0 Å². The van der Waals surface area contributed by atoms with Gasteiger partial charge in [-0.3, -0.25) is 0 Å². The van der Waals surface area contributed by atoms with E-state index in [0.717, 1.165) is 6.54 Å². The van der Waals surface area contributed by atoms with Crippen LogP contribution in [-0.4, -0.2) is 24.5 Å². The van der Waals surface area contributed by atoms with Gasteiger partial charge in [-0.1, -0.05) is 20.3 Å². The minimum absolute atomic E-state index is 0.694. The van der Waals surface area contributed by atoms with Gasteiger partial charge in [0.05, 0.1) is 6.07 Å². The molecule has 0 aromatic carbocycles. The topological polar surface area (TPSA) is 27.0 Å². The Bertz CT molecular complexity index is 120. The maximum Gasteiger partial charge on any atom is 0.0635 e. The van der Waals surface area contributed by atoms with E-state index in [1.165, 1.54) is 32.4 Å². The first kappa shape index (κ1) is 11.4. The average Bonchev–Trinajstić information content (AvgIpc) is 2.19. The van der Waals surface area contributed by atoms with Crippen LogP contribution in [0.15, 0.2) is 0 Å². The Morgan fingerprint density at radius 3 is 2.25 bits per heavy atom. The van der Waals surface area contributed by atoms with Crippen molar-refractivity contribution in [1.82, 2.24) is 4.90 Å². The lowest BCUT2D eigenvalue weighted by Crippen LogP contribution is -2.30. The molecule has 1 rings (SSSR count). The number of likely N-dealkylation sites (tertiary alicyclic amines) is 1. The summed E-state index contributed by atoms with van der Waals surface area (Å²) in [5, 5.41) is 8.32. The number of hydrogen-bond acceptors (Lipinski definition) is 2. The molecule has 1 aliphatic heterocycles. The molecule has 0 saturated carbocycles. The van der Waals surface area contributed by atoms with Crippen molar-refractivity contribution in [2.45, 2.75) is 39.5 Å². The van der Waals surface area contributed by atoms with Gasteiger partial charge < -0.3 is 4.90 Å². The van der Waals surface area contributed by atoms with Crippen LogP contribution in [0.4, 0.5) is 0 Å². The standard InChI is InChI=1S/C8H14N2.C2H6/c9-5-4-8-10-6-2-1-3-7-10;1-2/h1-4,6-8H2;1-2H3. The third-order valence-corrected chi connectivity index (χ3v) is 1.99. The first-order valence-corrected chi connectivity index (χ1v) is 5.03. The Morgan fingerprint density at radius 2 is 1.75 bits per heavy atom. The van der Waals surface area contributed by atoms with Crippen molar-refractivity contribution in [3.63, 3.8) is 0 Å². The van der Waals surface area contributed by atoms with E-state index in [-0.39, 0.29) is 0 Å². The molecular formula is C10H20N2. The zero-order valence-corrected chi connectivity index (χ0v) is 8.34. The van der Waals surface area contributed by atoms with Crippen LogP contribution in [0.3, 0.4) is 0 Å². The fraction of sp³-hybridized carbons (Fsp3) is 0.900. The SMILES string of the molecule is CC.N#CCCN1CCCCC1. The molecule has 0 N–H and O–H groups in total. The summed E-state index contributed by atoms with van der Waals surface area (Å²) in [4.78, 5) is 2.38. The fourth-order valence-electron chi connectivity index (χ4n) is 1.39. The zero-order chi connectivity index (χ0) is 9.23. The molecule has 0 aromatic rings. The van der Waals surface area contributed by atoms with Crippen molar-refractivity contribution in [2.24, 2.45) is 0 Å². The van der Waals surface area contributed by atoms with E-state index in [9.17, 15) is 0 Å². The first-order chi connectivity index (χ1) is 5.93. The Labute approximate surface area is 76.2 Å². The highest BCUT2D eigenvalue weighted by atomic mass is 15.1. The third-order valence-electron chi connectivity index (χ3n) is 1.99. The van der Waals surface area contributed by atoms with Crippen LogP contribution in [-0.2, 0) is 0 Å². The molecule has 1 heterocycles. The van der Waals surface area contributed by atoms with E-state index in [0.29, 0.717) is 6.42 Å². The number of rotatable bonds is 2. The maximum absolute atomic E-state index is 8.32. The number of piperidine rings is 1. The first-order valence-electron chi connectivity index (χ1n) is 5.03. The summed E-state index contributed by atoms with van der Waals surface area (Å²) in [6.45, 7) is 7.40. The molecule has 1 saturated heterocycles. The molecule has 0 aliphatic carbocycles. The van der Waals surface area contributed by atoms with Gasteiger partial charge >= 0.3 is 0 Å². The molecule has 1 aliphatic rings. The minimum Gasteiger partial charge on any atom is -0.302 e. The van der Waals surface area contributed by atoms with Gasteiger partial charge in [-0.05, 0) is 25.9 Å². The van der Waals surface area contributed by atoms with Gasteiger partial charge in [-0.2, -0.15) is 5.26 Å². The molecule has 2 nitrogen and oxygen atoms in total. The molecule has 0 atom stereocenters. The predicted molar refractivity (Wildman–Crippen MR) is 51.9 cm³/mol. The molecule has 2 heteroatoms. The number of nitrogens with zero attached hydrogens (tertiary/aromatic N) is 2. The van der Waals surface area contributed by atoms with E-state index in [1.54, 1.807) is 0 Å². The van der Waals surface area contributed by atoms with Gasteiger partial charge in [0.1, 0.15) is 0 Å². The van der Waals surface area contributed by atoms with Crippen LogP contribution in [0, 0.1) is 11.3 Å². The molecular weight excluding hydrogens is 148 g/mol. The van der Waals surface area contributed by atoms with Gasteiger partial charge in [-0.25, -0.2) is 0 Å². The summed E-state index contributed by atoms with van der Waals surface area (Å²) in [5.74, 6) is 0. The highest BCUT2D eigenvalue weighted by Crippen LogP contribution is 2.07. The molecule has 1 fully saturated rings. The van der Waals surface area contributed by atoms with E-state index < -0.39 is 0 Å². The molecule has 0 radical (unpaired) electrons. The van der Waals surface area contributed by atoms with Crippen molar-refractivity contribution in [1.29, 1.82) is 5.26 Å². The molecule has 0 unspecified atom stereocenters. The normalized spacial score (nSPS) is 17.4. The van der Waals surface area contributed by atoms with Crippen LogP contribution in [0.2, 0.25) is 0 Å². The molecule has 12 heavy (non-hydrogen) atoms. The quantitative estimate of drug-likeness (QED) is 0.633. The summed E-state index contributed by atoms with van der Waals surface area (Å²) >= 11 is 0. The Balaban J connectivity index is 0.000000561. The van der Waals surface area contributed by atoms with E-state index in [2.05, 4.69) is 11.0 Å². The second kappa shape index (κ2) is 8.55. The van der Waals surface area contributed by atoms with Gasteiger partial charge in [0, 0.05) is 13.0 Å². The monoisotopic (exact) mass is 168 g/mol. The molecule has 0 aromatic heterocycles. The van der Waals surface area contributed by atoms with E-state index >= 15 is 0 Å². The lowest BCUT2D eigenvalue weighted by atomic mass is 10.1. The van der Waals surface area contributed by atoms with Crippen LogP contribution in [0.1, 0.15) is 39.5 Å². The smallest absolute Gasteiger partial charge is 0.0635 e. The summed E-state index contributed by atoms with van der Waals surface area (Å²) < 4.78 is 0. The van der Waals surface area contributed by atoms with Crippen molar-refractivity contribution < 1.29 is 0 Å². The van der Waals surface area contributed by atoms with Crippen LogP contribution >= 0.6 is 0 Å². The lowest BCUT2D eigenvalue weighted by molar-refractivity contribution is 0.233. The van der Waals surface area contributed by atoms with Crippen molar-refractivity contribution in [3.8, 4) is 6.07 Å². The van der Waals surface area contributed by atoms with Gasteiger partial charge in [0.2, 0.25) is 0 Å². The Hall–Kier alpha value is -0.550. The van der Waals surface area contributed by atoms with E-state index in [4.69, 9.17) is 5.26 Å². The average molecular weight is 168 g/mol. The highest BCUT2D eigenvalue weighted by Gasteiger charge is 2.07. The Morgan fingerprint density at radius 1 is 1.17 bits per heavy atom. The summed E-state index contributed by atoms with van der Waals surface area (Å²) in [7, 11) is 0. The predicted octanol–water partition coefficient (Wildman–Crippen LogP) is 2.41. The second-order valence-corrected chi connectivity index (χ2v) is 2.81. The summed E-state index contributed by atoms with van der Waals surface area (Å²) in [5.41, 5.74) is 0. The van der Waals surface area contributed by atoms with Gasteiger partial charge in [0.25, 0.3) is 0 Å². The second-order valence-electron chi connectivity index (χ2n) is 2.81. The van der Waals surface area contributed by atoms with E-state index in [1.807, 2.05) is 13.8 Å². The largest absolute Gasteiger partial charge is 0.302 e. The summed E-state index contributed by atoms with van der Waals surface area (Å²) in [6.07, 6.45) is 4.72. The highest BCUT2D eigenvalue weighted by molar-refractivity contribution is 4.73. The van der Waals surface area contributed by atoms with Crippen molar-refractivity contribution in [2.75, 3.05) is 19.6 Å². The molecule has 0 amide bonds. The van der Waals surface area contributed by atoms with Gasteiger partial charge in [-0.15, -0.1) is 0 Å². The number of nitriles is 1. The number of hydrogen-bond donors (Lipinski definition) is 0. The molecule has 0 spiro atoms. The van der Waals surface area contributed by atoms with Crippen LogP contribution in [0.5, 0.6) is 0 Å². The summed E-state index contributed by atoms with van der Waals surface area (Å²) in [6, 6.07) is 2.17. The molecule has 70 valence electrons. The zero-order valence-electron chi connectivity index (χ0n) is 8.34. The Kier molecular flexibility index (Phi) is 8.15. The van der Waals surface area contributed by atoms with Crippen molar-refractivity contribution >= 4 is 0 Å². The fourth-order valence-corrected chi connectivity index (χ4v) is 1.39. The van der Waals surface area contributed by atoms with Crippen LogP contribution < -0.4 is 0 Å². The molecule has 0 bridgehead atoms. The van der Waals surface area contributed by atoms with Crippen LogP contribution in [0.25, 0.3) is 0 Å². The lowest BCUT2D eigenvalue weighted by Gasteiger charge is -2.24.